The Morgan fingerprint density at radius 2 is 1.53 bits per heavy atom. The average molecular weight is 601 g/mol. The number of benzene rings is 2. The summed E-state index contributed by atoms with van der Waals surface area (Å²) in [6.07, 6.45) is 13.6. The van der Waals surface area contributed by atoms with Crippen LogP contribution in [-0.2, 0) is 16.0 Å². The van der Waals surface area contributed by atoms with Gasteiger partial charge in [0.05, 0.1) is 12.2 Å². The van der Waals surface area contributed by atoms with Gasteiger partial charge in [0.2, 0.25) is 0 Å². The Balaban J connectivity index is 1.34. The summed E-state index contributed by atoms with van der Waals surface area (Å²) in [6, 6.07) is 11.6. The van der Waals surface area contributed by atoms with Crippen LogP contribution in [0.1, 0.15) is 126 Å². The van der Waals surface area contributed by atoms with E-state index in [0.29, 0.717) is 24.7 Å². The molecule has 3 rings (SSSR count). The van der Waals surface area contributed by atoms with Gasteiger partial charge in [-0.3, -0.25) is 0 Å². The molecule has 1 atom stereocenters. The molecule has 1 aliphatic rings. The topological polar surface area (TPSA) is 61.8 Å². The number of esters is 2. The smallest absolute Gasteiger partial charge is 0.343 e. The molecule has 2 aromatic carbocycles. The van der Waals surface area contributed by atoms with Gasteiger partial charge in [-0.15, -0.1) is 0 Å². The molecule has 2 aromatic rings. The first kappa shape index (κ1) is 34.5. The van der Waals surface area contributed by atoms with Crippen molar-refractivity contribution >= 4 is 11.9 Å². The van der Waals surface area contributed by atoms with Gasteiger partial charge in [0.15, 0.2) is 17.7 Å². The highest BCUT2D eigenvalue weighted by atomic mass is 19.1. The second kappa shape index (κ2) is 19.3. The minimum atomic E-state index is -1.51. The van der Waals surface area contributed by atoms with Gasteiger partial charge >= 0.3 is 11.9 Å². The molecule has 0 N–H and O–H groups in total. The fourth-order valence-electron chi connectivity index (χ4n) is 5.52. The van der Waals surface area contributed by atoms with Gasteiger partial charge in [-0.05, 0) is 93.2 Å². The van der Waals surface area contributed by atoms with Crippen molar-refractivity contribution in [3.8, 4) is 11.5 Å². The molecule has 0 saturated heterocycles. The number of hydrogen-bond acceptors (Lipinski definition) is 5. The lowest BCUT2D eigenvalue weighted by atomic mass is 9.83. The third-order valence-corrected chi connectivity index (χ3v) is 8.29. The van der Waals surface area contributed by atoms with E-state index in [0.717, 1.165) is 69.4 Å². The molecule has 0 spiro atoms. The summed E-state index contributed by atoms with van der Waals surface area (Å²) in [4.78, 5) is 24.5. The van der Waals surface area contributed by atoms with E-state index in [-0.39, 0.29) is 23.8 Å². The summed E-state index contributed by atoms with van der Waals surface area (Å²) in [5.74, 6) is -0.808. The fourth-order valence-corrected chi connectivity index (χ4v) is 5.52. The molecule has 0 aliphatic heterocycles. The summed E-state index contributed by atoms with van der Waals surface area (Å²) in [6.45, 7) is 4.63. The number of ether oxygens (including phenoxy) is 3. The predicted molar refractivity (Wildman–Crippen MR) is 166 cm³/mol. The first-order valence-corrected chi connectivity index (χ1v) is 16.5. The van der Waals surface area contributed by atoms with Gasteiger partial charge < -0.3 is 14.2 Å². The average Bonchev–Trinajstić information content (AvgIpc) is 3.02. The van der Waals surface area contributed by atoms with Gasteiger partial charge in [-0.1, -0.05) is 77.3 Å². The molecule has 1 fully saturated rings. The normalized spacial score (nSPS) is 17.3. The Hall–Kier alpha value is -2.96. The molecule has 43 heavy (non-hydrogen) atoms. The lowest BCUT2D eigenvalue weighted by Crippen LogP contribution is -2.29. The van der Waals surface area contributed by atoms with Crippen molar-refractivity contribution in [2.75, 3.05) is 6.61 Å². The zero-order valence-corrected chi connectivity index (χ0v) is 26.1. The van der Waals surface area contributed by atoms with Crippen molar-refractivity contribution in [2.45, 2.75) is 129 Å². The summed E-state index contributed by atoms with van der Waals surface area (Å²) < 4.78 is 44.9. The molecule has 0 aromatic heterocycles. The van der Waals surface area contributed by atoms with Crippen molar-refractivity contribution in [1.82, 2.24) is 0 Å². The molecule has 1 aliphatic carbocycles. The summed E-state index contributed by atoms with van der Waals surface area (Å²) >= 11 is 0. The SMILES string of the molecule is CCCCCCCCCOc1ccc(C(=O)Oc2ccc(CC[C@H]3CC[C@H](OC(=O)[C@@H](F)CCCC)CC3)cc2)cc1F. The van der Waals surface area contributed by atoms with Gasteiger partial charge in [-0.25, -0.2) is 18.4 Å². The molecule has 0 bridgehead atoms. The van der Waals surface area contributed by atoms with Gasteiger partial charge in [-0.2, -0.15) is 0 Å². The monoisotopic (exact) mass is 600 g/mol. The number of carbonyl (C=O) groups excluding carboxylic acids is 2. The predicted octanol–water partition coefficient (Wildman–Crippen LogP) is 9.74. The van der Waals surface area contributed by atoms with E-state index >= 15 is 0 Å². The van der Waals surface area contributed by atoms with E-state index in [4.69, 9.17) is 14.2 Å². The molecule has 0 amide bonds. The lowest BCUT2D eigenvalue weighted by molar-refractivity contribution is -0.157. The molecule has 0 radical (unpaired) electrons. The highest BCUT2D eigenvalue weighted by Gasteiger charge is 2.27. The van der Waals surface area contributed by atoms with Crippen LogP contribution in [-0.4, -0.2) is 30.8 Å². The largest absolute Gasteiger partial charge is 0.491 e. The van der Waals surface area contributed by atoms with E-state index < -0.39 is 23.9 Å². The number of aryl methyl sites for hydroxylation is 1. The summed E-state index contributed by atoms with van der Waals surface area (Å²) in [7, 11) is 0. The molecule has 1 saturated carbocycles. The number of unbranched alkanes of at least 4 members (excludes halogenated alkanes) is 7. The number of halogens is 2. The minimum absolute atomic E-state index is 0.133. The molecular formula is C36H50F2O5. The zero-order valence-electron chi connectivity index (χ0n) is 26.1. The second-order valence-electron chi connectivity index (χ2n) is 11.9. The van der Waals surface area contributed by atoms with Crippen LogP contribution in [0.4, 0.5) is 8.78 Å². The van der Waals surface area contributed by atoms with Gasteiger partial charge in [0.25, 0.3) is 0 Å². The van der Waals surface area contributed by atoms with E-state index in [1.165, 1.54) is 44.2 Å². The maximum atomic E-state index is 14.5. The maximum Gasteiger partial charge on any atom is 0.343 e. The number of rotatable bonds is 19. The van der Waals surface area contributed by atoms with Crippen LogP contribution in [0.5, 0.6) is 11.5 Å². The number of alkyl halides is 1. The zero-order chi connectivity index (χ0) is 30.9. The summed E-state index contributed by atoms with van der Waals surface area (Å²) in [5, 5.41) is 0. The van der Waals surface area contributed by atoms with Gasteiger partial charge in [0, 0.05) is 0 Å². The molecular weight excluding hydrogens is 550 g/mol. The third kappa shape index (κ3) is 12.7. The van der Waals surface area contributed by atoms with E-state index in [1.54, 1.807) is 12.1 Å². The van der Waals surface area contributed by atoms with Crippen molar-refractivity contribution < 1.29 is 32.6 Å². The van der Waals surface area contributed by atoms with Crippen molar-refractivity contribution in [3.05, 3.63) is 59.4 Å². The van der Waals surface area contributed by atoms with Crippen LogP contribution in [0.15, 0.2) is 42.5 Å². The third-order valence-electron chi connectivity index (χ3n) is 8.29. The Labute approximate surface area is 256 Å². The Morgan fingerprint density at radius 3 is 2.21 bits per heavy atom. The van der Waals surface area contributed by atoms with Crippen molar-refractivity contribution in [3.63, 3.8) is 0 Å². The molecule has 7 heteroatoms. The van der Waals surface area contributed by atoms with E-state index in [2.05, 4.69) is 6.92 Å². The number of hydrogen-bond donors (Lipinski definition) is 0. The van der Waals surface area contributed by atoms with Crippen LogP contribution < -0.4 is 9.47 Å². The first-order chi connectivity index (χ1) is 20.9. The minimum Gasteiger partial charge on any atom is -0.491 e. The van der Waals surface area contributed by atoms with Crippen LogP contribution in [0.3, 0.4) is 0 Å². The highest BCUT2D eigenvalue weighted by Crippen LogP contribution is 2.30. The van der Waals surface area contributed by atoms with Crippen LogP contribution in [0, 0.1) is 11.7 Å². The van der Waals surface area contributed by atoms with Crippen LogP contribution >= 0.6 is 0 Å². The van der Waals surface area contributed by atoms with Crippen LogP contribution in [0.2, 0.25) is 0 Å². The Bertz CT molecular complexity index is 1100. The van der Waals surface area contributed by atoms with Gasteiger partial charge in [0.1, 0.15) is 11.9 Å². The fraction of sp³-hybridized carbons (Fsp3) is 0.611. The lowest BCUT2D eigenvalue weighted by Gasteiger charge is -2.28. The van der Waals surface area contributed by atoms with Crippen molar-refractivity contribution in [1.29, 1.82) is 0 Å². The Morgan fingerprint density at radius 1 is 0.860 bits per heavy atom. The van der Waals surface area contributed by atoms with Crippen LogP contribution in [0.25, 0.3) is 0 Å². The number of carbonyl (C=O) groups is 2. The quantitative estimate of drug-likeness (QED) is 0.0912. The molecule has 5 nitrogen and oxygen atoms in total. The van der Waals surface area contributed by atoms with Crippen molar-refractivity contribution in [2.24, 2.45) is 5.92 Å². The first-order valence-electron chi connectivity index (χ1n) is 16.5. The molecule has 0 heterocycles. The molecule has 238 valence electrons. The van der Waals surface area contributed by atoms with E-state index in [1.807, 2.05) is 19.1 Å². The summed E-state index contributed by atoms with van der Waals surface area (Å²) in [5.41, 5.74) is 1.27. The van der Waals surface area contributed by atoms with E-state index in [9.17, 15) is 18.4 Å². The standard InChI is InChI=1S/C36H50F2O5/c1-3-5-7-8-9-10-11-25-41-34-24-19-29(26-33(34)38)35(39)42-30-20-15-27(16-21-30)13-14-28-17-22-31(23-18-28)43-36(40)32(37)12-6-4-2/h15-16,19-21,24,26,28,31-32H,3-14,17-18,22-23,25H2,1-2H3/t28-,31-,32-/m0/s1. The second-order valence-corrected chi connectivity index (χ2v) is 11.9. The Kier molecular flexibility index (Phi) is 15.5. The molecule has 0 unspecified atom stereocenters. The maximum absolute atomic E-state index is 14.5. The highest BCUT2D eigenvalue weighted by molar-refractivity contribution is 5.91.